The molecule has 13 heteroatoms. The molecule has 0 radical (unpaired) electrons. The van der Waals surface area contributed by atoms with Gasteiger partial charge >= 0.3 is 11.7 Å². The van der Waals surface area contributed by atoms with Crippen LogP contribution >= 0.6 is 11.6 Å². The Morgan fingerprint density at radius 1 is 0.917 bits per heavy atom. The summed E-state index contributed by atoms with van der Waals surface area (Å²) in [6.07, 6.45) is 1.26. The predicted molar refractivity (Wildman–Crippen MR) is 127 cm³/mol. The first-order valence-corrected chi connectivity index (χ1v) is 10.4. The van der Waals surface area contributed by atoms with E-state index in [9.17, 15) is 34.6 Å². The second kappa shape index (κ2) is 9.64. The van der Waals surface area contributed by atoms with Gasteiger partial charge in [-0.05, 0) is 42.0 Å². The molecule has 1 fully saturated rings. The van der Waals surface area contributed by atoms with Gasteiger partial charge in [-0.1, -0.05) is 35.9 Å². The van der Waals surface area contributed by atoms with E-state index in [0.717, 1.165) is 23.1 Å². The van der Waals surface area contributed by atoms with Crippen LogP contribution in [0.4, 0.5) is 21.9 Å². The van der Waals surface area contributed by atoms with E-state index in [1.54, 1.807) is 12.1 Å². The van der Waals surface area contributed by atoms with Gasteiger partial charge in [-0.15, -0.1) is 0 Å². The van der Waals surface area contributed by atoms with Gasteiger partial charge in [0.2, 0.25) is 5.75 Å². The van der Waals surface area contributed by atoms with Crippen LogP contribution in [0.15, 0.2) is 72.3 Å². The Hall–Kier alpha value is -5.10. The molecule has 1 saturated heterocycles. The van der Waals surface area contributed by atoms with Crippen LogP contribution < -0.4 is 15.0 Å². The van der Waals surface area contributed by atoms with Crippen molar-refractivity contribution in [3.8, 4) is 11.5 Å². The second-order valence-corrected chi connectivity index (χ2v) is 7.65. The number of carbonyl (C=O) groups is 3. The lowest BCUT2D eigenvalue weighted by Gasteiger charge is -2.27. The number of halogens is 1. The molecule has 4 rings (SSSR count). The van der Waals surface area contributed by atoms with Crippen molar-refractivity contribution in [3.05, 3.63) is 103 Å². The summed E-state index contributed by atoms with van der Waals surface area (Å²) in [4.78, 5) is 59.0. The van der Waals surface area contributed by atoms with Crippen molar-refractivity contribution in [2.45, 2.75) is 0 Å². The topological polar surface area (TPSA) is 162 Å². The molecule has 36 heavy (non-hydrogen) atoms. The lowest BCUT2D eigenvalue weighted by Crippen LogP contribution is -2.54. The normalized spacial score (nSPS) is 14.5. The van der Waals surface area contributed by atoms with E-state index in [1.807, 2.05) is 0 Å². The highest BCUT2D eigenvalue weighted by Gasteiger charge is 2.37. The third-order valence-electron chi connectivity index (χ3n) is 4.96. The standard InChI is InChI=1S/C23H13ClN4O8/c24-17-3-1-2-4-18(17)26-22(30)16(21(29)25-23(26)31)11-13-5-8-15(9-6-13)36-20-10-7-14(27(32)33)12-19(20)28(34)35/h1-12H,(H,25,29,31)/b16-11+. The van der Waals surface area contributed by atoms with Crippen molar-refractivity contribution >= 4 is 52.6 Å². The number of nitrogens with one attached hydrogen (secondary N) is 1. The maximum Gasteiger partial charge on any atom is 0.335 e. The molecule has 4 amide bonds. The van der Waals surface area contributed by atoms with Crippen LogP contribution in [-0.2, 0) is 9.59 Å². The smallest absolute Gasteiger partial charge is 0.335 e. The van der Waals surface area contributed by atoms with Crippen molar-refractivity contribution in [2.75, 3.05) is 4.90 Å². The summed E-state index contributed by atoms with van der Waals surface area (Å²) in [6.45, 7) is 0. The first kappa shape index (κ1) is 24.0. The van der Waals surface area contributed by atoms with Gasteiger partial charge in [0.25, 0.3) is 17.5 Å². The van der Waals surface area contributed by atoms with Crippen LogP contribution in [0.2, 0.25) is 5.02 Å². The molecule has 1 N–H and O–H groups in total. The molecule has 180 valence electrons. The highest BCUT2D eigenvalue weighted by Crippen LogP contribution is 2.35. The molecular formula is C23H13ClN4O8. The number of anilines is 1. The first-order chi connectivity index (χ1) is 17.2. The Morgan fingerprint density at radius 3 is 2.25 bits per heavy atom. The van der Waals surface area contributed by atoms with Crippen LogP contribution in [0.5, 0.6) is 11.5 Å². The minimum atomic E-state index is -0.941. The summed E-state index contributed by atoms with van der Waals surface area (Å²) in [5.41, 5.74) is -0.893. The lowest BCUT2D eigenvalue weighted by molar-refractivity contribution is -0.394. The van der Waals surface area contributed by atoms with Gasteiger partial charge in [0, 0.05) is 6.07 Å². The summed E-state index contributed by atoms with van der Waals surface area (Å²) >= 11 is 6.10. The van der Waals surface area contributed by atoms with E-state index in [0.29, 0.717) is 5.56 Å². The highest BCUT2D eigenvalue weighted by molar-refractivity contribution is 6.42. The van der Waals surface area contributed by atoms with Crippen molar-refractivity contribution < 1.29 is 29.0 Å². The molecule has 12 nitrogen and oxygen atoms in total. The Morgan fingerprint density at radius 2 is 1.61 bits per heavy atom. The Kier molecular flexibility index (Phi) is 6.44. The number of hydrogen-bond donors (Lipinski definition) is 1. The number of hydrogen-bond acceptors (Lipinski definition) is 8. The number of imide groups is 2. The molecule has 0 aromatic heterocycles. The number of amides is 4. The van der Waals surface area contributed by atoms with Crippen molar-refractivity contribution in [1.29, 1.82) is 0 Å². The number of urea groups is 1. The van der Waals surface area contributed by atoms with Gasteiger partial charge in [0.05, 0.1) is 26.6 Å². The van der Waals surface area contributed by atoms with E-state index in [4.69, 9.17) is 16.3 Å². The summed E-state index contributed by atoms with van der Waals surface area (Å²) in [6, 6.07) is 13.9. The number of ether oxygens (including phenoxy) is 1. The van der Waals surface area contributed by atoms with Crippen molar-refractivity contribution in [1.82, 2.24) is 5.32 Å². The zero-order chi connectivity index (χ0) is 26.0. The molecule has 1 heterocycles. The molecular weight excluding hydrogens is 496 g/mol. The zero-order valence-electron chi connectivity index (χ0n) is 17.9. The van der Waals surface area contributed by atoms with E-state index < -0.39 is 39.1 Å². The first-order valence-electron chi connectivity index (χ1n) is 10.0. The Balaban J connectivity index is 1.60. The number of nitrogens with zero attached hydrogens (tertiary/aromatic N) is 3. The minimum Gasteiger partial charge on any atom is -0.450 e. The molecule has 3 aromatic carbocycles. The monoisotopic (exact) mass is 508 g/mol. The number of barbiturate groups is 1. The zero-order valence-corrected chi connectivity index (χ0v) is 18.7. The summed E-state index contributed by atoms with van der Waals surface area (Å²) in [7, 11) is 0. The van der Waals surface area contributed by atoms with Crippen molar-refractivity contribution in [2.24, 2.45) is 0 Å². The van der Waals surface area contributed by atoms with Gasteiger partial charge in [-0.25, -0.2) is 9.69 Å². The van der Waals surface area contributed by atoms with Gasteiger partial charge in [-0.3, -0.25) is 35.1 Å². The summed E-state index contributed by atoms with van der Waals surface area (Å²) in [5.74, 6) is -1.83. The van der Waals surface area contributed by atoms with Crippen LogP contribution in [0.25, 0.3) is 6.08 Å². The molecule has 1 aliphatic heterocycles. The lowest BCUT2D eigenvalue weighted by atomic mass is 10.1. The van der Waals surface area contributed by atoms with Crippen LogP contribution in [0.1, 0.15) is 5.56 Å². The van der Waals surface area contributed by atoms with Gasteiger partial charge < -0.3 is 4.74 Å². The highest BCUT2D eigenvalue weighted by atomic mass is 35.5. The van der Waals surface area contributed by atoms with Crippen LogP contribution in [-0.4, -0.2) is 27.7 Å². The van der Waals surface area contributed by atoms with E-state index in [2.05, 4.69) is 5.32 Å². The molecule has 0 bridgehead atoms. The third kappa shape index (κ3) is 4.74. The van der Waals surface area contributed by atoms with Crippen LogP contribution in [0, 0.1) is 20.2 Å². The number of rotatable bonds is 6. The van der Waals surface area contributed by atoms with Gasteiger partial charge in [0.15, 0.2) is 0 Å². The maximum absolute atomic E-state index is 13.0. The number of nitro groups is 2. The fraction of sp³-hybridized carbons (Fsp3) is 0. The number of nitro benzene ring substituents is 2. The summed E-state index contributed by atoms with van der Waals surface area (Å²) in [5, 5.41) is 24.4. The van der Waals surface area contributed by atoms with E-state index in [1.165, 1.54) is 42.5 Å². The number of carbonyl (C=O) groups excluding carboxylic acids is 3. The largest absolute Gasteiger partial charge is 0.450 e. The maximum atomic E-state index is 13.0. The number of benzene rings is 3. The molecule has 3 aromatic rings. The Bertz CT molecular complexity index is 1470. The average molecular weight is 509 g/mol. The van der Waals surface area contributed by atoms with E-state index >= 15 is 0 Å². The van der Waals surface area contributed by atoms with Gasteiger partial charge in [-0.2, -0.15) is 0 Å². The third-order valence-corrected chi connectivity index (χ3v) is 5.28. The Labute approximate surface area is 206 Å². The summed E-state index contributed by atoms with van der Waals surface area (Å²) < 4.78 is 5.50. The molecule has 0 spiro atoms. The van der Waals surface area contributed by atoms with Gasteiger partial charge in [0.1, 0.15) is 11.3 Å². The molecule has 0 unspecified atom stereocenters. The van der Waals surface area contributed by atoms with Crippen LogP contribution in [0.3, 0.4) is 0 Å². The van der Waals surface area contributed by atoms with E-state index in [-0.39, 0.29) is 27.8 Å². The quantitative estimate of drug-likeness (QED) is 0.218. The molecule has 1 aliphatic rings. The number of para-hydroxylation sites is 1. The second-order valence-electron chi connectivity index (χ2n) is 7.25. The minimum absolute atomic E-state index is 0.105. The molecule has 0 aliphatic carbocycles. The fourth-order valence-electron chi connectivity index (χ4n) is 3.28. The SMILES string of the molecule is O=C1NC(=O)N(c2ccccc2Cl)C(=O)/C1=C/c1ccc(Oc2ccc([N+](=O)[O-])cc2[N+](=O)[O-])cc1. The fourth-order valence-corrected chi connectivity index (χ4v) is 3.50. The average Bonchev–Trinajstić information content (AvgIpc) is 2.84. The molecule has 0 atom stereocenters. The predicted octanol–water partition coefficient (Wildman–Crippen LogP) is 4.62. The number of non-ortho nitro benzene ring substituents is 1. The van der Waals surface area contributed by atoms with Crippen molar-refractivity contribution in [3.63, 3.8) is 0 Å². The molecule has 0 saturated carbocycles.